The van der Waals surface area contributed by atoms with Crippen molar-refractivity contribution in [2.75, 3.05) is 36.1 Å². The largest absolute Gasteiger partial charge is 0.397 e. The molecule has 0 bridgehead atoms. The molecule has 1 amide bonds. The number of rotatable bonds is 5. The topological polar surface area (TPSA) is 125 Å². The molecule has 1 fully saturated rings. The van der Waals surface area contributed by atoms with Gasteiger partial charge in [-0.25, -0.2) is 9.97 Å². The van der Waals surface area contributed by atoms with E-state index in [1.807, 2.05) is 11.1 Å². The number of hydrazine groups is 1. The van der Waals surface area contributed by atoms with Crippen LogP contribution < -0.4 is 22.3 Å². The minimum absolute atomic E-state index is 0.0125. The van der Waals surface area contributed by atoms with Crippen molar-refractivity contribution >= 4 is 28.9 Å². The van der Waals surface area contributed by atoms with E-state index in [2.05, 4.69) is 59.6 Å². The molecule has 6 N–H and O–H groups in total. The Hall–Kier alpha value is -3.69. The van der Waals surface area contributed by atoms with Crippen LogP contribution in [0.15, 0.2) is 42.6 Å². The third kappa shape index (κ3) is 5.23. The Bertz CT molecular complexity index is 1300. The predicted molar refractivity (Wildman–Crippen MR) is 148 cm³/mol. The molecule has 2 aliphatic heterocycles. The van der Waals surface area contributed by atoms with Crippen molar-refractivity contribution in [1.82, 2.24) is 19.8 Å². The number of amides is 1. The Kier molecular flexibility index (Phi) is 6.74. The van der Waals surface area contributed by atoms with Crippen LogP contribution in [-0.4, -0.2) is 50.8 Å². The van der Waals surface area contributed by atoms with E-state index in [1.54, 1.807) is 18.2 Å². The molecule has 2 aliphatic rings. The molecule has 0 unspecified atom stereocenters. The van der Waals surface area contributed by atoms with E-state index in [0.717, 1.165) is 43.7 Å². The zero-order chi connectivity index (χ0) is 26.2. The smallest absolute Gasteiger partial charge is 0.253 e. The van der Waals surface area contributed by atoms with Gasteiger partial charge in [0.25, 0.3) is 5.91 Å². The second kappa shape index (κ2) is 9.99. The fourth-order valence-corrected chi connectivity index (χ4v) is 5.53. The molecule has 1 aromatic heterocycles. The van der Waals surface area contributed by atoms with Crippen LogP contribution in [0, 0.1) is 13.8 Å². The number of carbonyl (C=O) groups is 1. The molecule has 37 heavy (non-hydrogen) atoms. The van der Waals surface area contributed by atoms with Crippen LogP contribution >= 0.6 is 0 Å². The number of aromatic nitrogens is 2. The van der Waals surface area contributed by atoms with Crippen molar-refractivity contribution < 1.29 is 4.79 Å². The summed E-state index contributed by atoms with van der Waals surface area (Å²) in [7, 11) is 0. The number of hydrogen-bond donors (Lipinski definition) is 4. The number of benzene rings is 2. The maximum absolute atomic E-state index is 13.1. The maximum Gasteiger partial charge on any atom is 0.253 e. The Morgan fingerprint density at radius 3 is 2.46 bits per heavy atom. The quantitative estimate of drug-likeness (QED) is 0.237. The van der Waals surface area contributed by atoms with Crippen molar-refractivity contribution in [3.8, 4) is 0 Å². The molecular weight excluding hydrogens is 464 g/mol. The molecule has 9 nitrogen and oxygen atoms in total. The molecule has 3 aromatic rings. The standard InChI is InChI=1S/C28H36N8O/c1-18-12-19(2)14-22(13-18)32-27-31-16-21-17-36(9-6-24(21)33-27)28(3)7-10-35(11-8-28)26(37)20-4-5-25(34-30)23(29)15-20/h4-5,12-16,34H,6-11,17,29-30H2,1-3H3,(H,31,32,33). The van der Waals surface area contributed by atoms with Gasteiger partial charge in [-0.05, 0) is 75.1 Å². The van der Waals surface area contributed by atoms with Gasteiger partial charge in [-0.15, -0.1) is 0 Å². The lowest BCUT2D eigenvalue weighted by atomic mass is 9.85. The van der Waals surface area contributed by atoms with Gasteiger partial charge in [-0.1, -0.05) is 6.07 Å². The summed E-state index contributed by atoms with van der Waals surface area (Å²) in [5.74, 6) is 6.11. The van der Waals surface area contributed by atoms with Gasteiger partial charge in [-0.3, -0.25) is 15.5 Å². The van der Waals surface area contributed by atoms with E-state index >= 15 is 0 Å². The molecule has 2 aromatic carbocycles. The number of likely N-dealkylation sites (tertiary alicyclic amines) is 1. The van der Waals surface area contributed by atoms with Crippen LogP contribution in [-0.2, 0) is 13.0 Å². The fourth-order valence-electron chi connectivity index (χ4n) is 5.53. The molecule has 194 valence electrons. The molecule has 0 aliphatic carbocycles. The van der Waals surface area contributed by atoms with Crippen LogP contribution in [0.5, 0.6) is 0 Å². The summed E-state index contributed by atoms with van der Waals surface area (Å²) in [4.78, 5) is 27.0. The number of nitrogen functional groups attached to an aromatic ring is 2. The highest BCUT2D eigenvalue weighted by Gasteiger charge is 2.38. The van der Waals surface area contributed by atoms with Crippen molar-refractivity contribution in [1.29, 1.82) is 0 Å². The van der Waals surface area contributed by atoms with Gasteiger partial charge in [0.15, 0.2) is 0 Å². The number of nitrogens with one attached hydrogen (secondary N) is 2. The highest BCUT2D eigenvalue weighted by atomic mass is 16.2. The van der Waals surface area contributed by atoms with Gasteiger partial charge in [0.05, 0.1) is 17.1 Å². The Labute approximate surface area is 218 Å². The second-order valence-electron chi connectivity index (χ2n) is 10.6. The Balaban J connectivity index is 1.21. The molecule has 9 heteroatoms. The fraction of sp³-hybridized carbons (Fsp3) is 0.393. The molecule has 1 saturated heterocycles. The van der Waals surface area contributed by atoms with Crippen LogP contribution in [0.4, 0.5) is 23.0 Å². The number of hydrogen-bond acceptors (Lipinski definition) is 8. The number of anilines is 4. The summed E-state index contributed by atoms with van der Waals surface area (Å²) in [6.07, 6.45) is 4.68. The number of fused-ring (bicyclic) bond motifs is 1. The van der Waals surface area contributed by atoms with Crippen molar-refractivity contribution in [2.24, 2.45) is 5.84 Å². The molecule has 0 radical (unpaired) electrons. The number of carbonyl (C=O) groups excluding carboxylic acids is 1. The summed E-state index contributed by atoms with van der Waals surface area (Å²) >= 11 is 0. The lowest BCUT2D eigenvalue weighted by Gasteiger charge is -2.48. The van der Waals surface area contributed by atoms with Crippen molar-refractivity contribution in [3.05, 3.63) is 70.5 Å². The van der Waals surface area contributed by atoms with E-state index in [9.17, 15) is 4.79 Å². The predicted octanol–water partition coefficient (Wildman–Crippen LogP) is 3.76. The van der Waals surface area contributed by atoms with Gasteiger partial charge >= 0.3 is 0 Å². The molecule has 0 saturated carbocycles. The summed E-state index contributed by atoms with van der Waals surface area (Å²) in [6.45, 7) is 9.70. The van der Waals surface area contributed by atoms with Crippen molar-refractivity contribution in [3.63, 3.8) is 0 Å². The minimum atomic E-state index is 0.0125. The average Bonchev–Trinajstić information content (AvgIpc) is 2.88. The lowest BCUT2D eigenvalue weighted by molar-refractivity contribution is 0.0222. The van der Waals surface area contributed by atoms with Gasteiger partial charge in [0, 0.05) is 61.1 Å². The molecule has 0 atom stereocenters. The van der Waals surface area contributed by atoms with E-state index < -0.39 is 0 Å². The minimum Gasteiger partial charge on any atom is -0.397 e. The summed E-state index contributed by atoms with van der Waals surface area (Å²) in [5, 5.41) is 3.37. The normalized spacial score (nSPS) is 17.2. The van der Waals surface area contributed by atoms with E-state index in [1.165, 1.54) is 16.7 Å². The molecule has 5 rings (SSSR count). The highest BCUT2D eigenvalue weighted by molar-refractivity contribution is 5.96. The lowest BCUT2D eigenvalue weighted by Crippen LogP contribution is -2.55. The number of piperidine rings is 1. The van der Waals surface area contributed by atoms with Crippen LogP contribution in [0.25, 0.3) is 0 Å². The summed E-state index contributed by atoms with van der Waals surface area (Å²) in [5.41, 5.74) is 16.0. The van der Waals surface area contributed by atoms with E-state index in [-0.39, 0.29) is 11.4 Å². The monoisotopic (exact) mass is 500 g/mol. The number of nitrogens with two attached hydrogens (primary N) is 2. The third-order valence-corrected chi connectivity index (χ3v) is 7.76. The number of nitrogens with zero attached hydrogens (tertiary/aromatic N) is 4. The first-order chi connectivity index (χ1) is 17.7. The molecule has 3 heterocycles. The van der Waals surface area contributed by atoms with Gasteiger partial charge < -0.3 is 21.4 Å². The van der Waals surface area contributed by atoms with Crippen LogP contribution in [0.3, 0.4) is 0 Å². The van der Waals surface area contributed by atoms with Gasteiger partial charge in [0.1, 0.15) is 0 Å². The van der Waals surface area contributed by atoms with Crippen LogP contribution in [0.2, 0.25) is 0 Å². The van der Waals surface area contributed by atoms with Gasteiger partial charge in [0.2, 0.25) is 5.95 Å². The summed E-state index contributed by atoms with van der Waals surface area (Å²) < 4.78 is 0. The van der Waals surface area contributed by atoms with Gasteiger partial charge in [-0.2, -0.15) is 0 Å². The Morgan fingerprint density at radius 1 is 1.05 bits per heavy atom. The van der Waals surface area contributed by atoms with E-state index in [0.29, 0.717) is 36.0 Å². The maximum atomic E-state index is 13.1. The SMILES string of the molecule is Cc1cc(C)cc(Nc2ncc3c(n2)CCN(C2(C)CCN(C(=O)c4ccc(NN)c(N)c4)CC2)C3)c1. The molecule has 0 spiro atoms. The van der Waals surface area contributed by atoms with Crippen molar-refractivity contribution in [2.45, 2.75) is 52.1 Å². The zero-order valence-electron chi connectivity index (χ0n) is 21.8. The first kappa shape index (κ1) is 25.0. The van der Waals surface area contributed by atoms with Crippen LogP contribution in [0.1, 0.15) is 52.5 Å². The second-order valence-corrected chi connectivity index (χ2v) is 10.6. The molecular formula is C28H36N8O. The highest BCUT2D eigenvalue weighted by Crippen LogP contribution is 2.34. The number of aryl methyl sites for hydroxylation is 2. The van der Waals surface area contributed by atoms with E-state index in [4.69, 9.17) is 16.6 Å². The third-order valence-electron chi connectivity index (χ3n) is 7.76. The zero-order valence-corrected chi connectivity index (χ0v) is 21.8. The Morgan fingerprint density at radius 2 is 1.78 bits per heavy atom. The first-order valence-corrected chi connectivity index (χ1v) is 12.8. The first-order valence-electron chi connectivity index (χ1n) is 12.8. The average molecular weight is 501 g/mol. The summed E-state index contributed by atoms with van der Waals surface area (Å²) in [6, 6.07) is 11.6.